The van der Waals surface area contributed by atoms with E-state index in [0.717, 1.165) is 38.5 Å². The van der Waals surface area contributed by atoms with Crippen LogP contribution in [0.15, 0.2) is 97.1 Å². The van der Waals surface area contributed by atoms with E-state index in [9.17, 15) is 15.3 Å². The molecule has 6 rings (SSSR count). The lowest BCUT2D eigenvalue weighted by Gasteiger charge is -2.51. The Hall–Kier alpha value is -3.72. The molecule has 0 radical (unpaired) electrons. The highest BCUT2D eigenvalue weighted by Gasteiger charge is 2.48. The predicted molar refractivity (Wildman–Crippen MR) is 175 cm³/mol. The molecule has 0 bridgehead atoms. The van der Waals surface area contributed by atoms with Gasteiger partial charge in [0, 0.05) is 10.8 Å². The molecule has 2 fully saturated rings. The highest BCUT2D eigenvalue weighted by atomic mass is 16.3. The maximum Gasteiger partial charge on any atom is 0.115 e. The fourth-order valence-corrected chi connectivity index (χ4v) is 8.74. The van der Waals surface area contributed by atoms with Crippen LogP contribution in [-0.4, -0.2) is 15.3 Å². The third-order valence-electron chi connectivity index (χ3n) is 11.6. The average molecular weight is 575 g/mol. The minimum absolute atomic E-state index is 0.0204. The SMILES string of the molecule is Cc1ccc(C2(c3ccc(O)cc3)CCC(C(C)(C)C3CCC(c4ccc(O)cc4)(c4ccc(O)cc4)CC3)CC2)cc1. The van der Waals surface area contributed by atoms with Gasteiger partial charge < -0.3 is 15.3 Å². The van der Waals surface area contributed by atoms with Gasteiger partial charge in [-0.3, -0.25) is 0 Å². The van der Waals surface area contributed by atoms with Crippen molar-refractivity contribution >= 4 is 0 Å². The predicted octanol–water partition coefficient (Wildman–Crippen LogP) is 9.79. The number of benzene rings is 4. The third kappa shape index (κ3) is 5.44. The lowest BCUT2D eigenvalue weighted by molar-refractivity contribution is 0.0364. The van der Waals surface area contributed by atoms with Crippen LogP contribution in [0.1, 0.15) is 93.0 Å². The lowest BCUT2D eigenvalue weighted by Crippen LogP contribution is -2.43. The molecule has 2 saturated carbocycles. The summed E-state index contributed by atoms with van der Waals surface area (Å²) in [7, 11) is 0. The molecule has 0 aromatic heterocycles. The molecule has 4 aromatic carbocycles. The first-order chi connectivity index (χ1) is 20.6. The Morgan fingerprint density at radius 2 is 0.721 bits per heavy atom. The molecule has 0 saturated heterocycles. The number of hydrogen-bond donors (Lipinski definition) is 3. The molecule has 0 spiro atoms. The van der Waals surface area contributed by atoms with Crippen molar-refractivity contribution in [1.29, 1.82) is 0 Å². The molecule has 0 unspecified atom stereocenters. The van der Waals surface area contributed by atoms with Crippen LogP contribution in [0.3, 0.4) is 0 Å². The molecule has 0 aliphatic heterocycles. The van der Waals surface area contributed by atoms with Crippen LogP contribution in [0.25, 0.3) is 0 Å². The van der Waals surface area contributed by atoms with E-state index in [0.29, 0.717) is 29.1 Å². The molecule has 0 heterocycles. The molecule has 224 valence electrons. The van der Waals surface area contributed by atoms with E-state index in [4.69, 9.17) is 0 Å². The van der Waals surface area contributed by atoms with Gasteiger partial charge in [-0.05, 0) is 134 Å². The van der Waals surface area contributed by atoms with E-state index in [1.807, 2.05) is 36.4 Å². The van der Waals surface area contributed by atoms with E-state index in [2.05, 4.69) is 81.4 Å². The summed E-state index contributed by atoms with van der Waals surface area (Å²) in [5, 5.41) is 30.0. The van der Waals surface area contributed by atoms with Gasteiger partial charge in [-0.1, -0.05) is 80.1 Å². The molecule has 3 heteroatoms. The molecule has 43 heavy (non-hydrogen) atoms. The van der Waals surface area contributed by atoms with Gasteiger partial charge in [0.25, 0.3) is 0 Å². The summed E-state index contributed by atoms with van der Waals surface area (Å²) >= 11 is 0. The Labute approximate surface area is 257 Å². The highest BCUT2D eigenvalue weighted by molar-refractivity contribution is 5.45. The molecule has 4 aromatic rings. The van der Waals surface area contributed by atoms with Crippen molar-refractivity contribution in [2.24, 2.45) is 17.3 Å². The van der Waals surface area contributed by atoms with Gasteiger partial charge in [-0.15, -0.1) is 0 Å². The van der Waals surface area contributed by atoms with Crippen molar-refractivity contribution in [3.05, 3.63) is 125 Å². The summed E-state index contributed by atoms with van der Waals surface area (Å²) in [5.74, 6) is 2.21. The zero-order chi connectivity index (χ0) is 30.2. The van der Waals surface area contributed by atoms with E-state index in [1.54, 1.807) is 0 Å². The van der Waals surface area contributed by atoms with Gasteiger partial charge in [-0.2, -0.15) is 0 Å². The largest absolute Gasteiger partial charge is 0.508 e. The van der Waals surface area contributed by atoms with Crippen molar-refractivity contribution in [1.82, 2.24) is 0 Å². The van der Waals surface area contributed by atoms with Gasteiger partial charge in [0.15, 0.2) is 0 Å². The molecular weight excluding hydrogens is 528 g/mol. The van der Waals surface area contributed by atoms with Crippen LogP contribution in [0, 0.1) is 24.2 Å². The Balaban J connectivity index is 1.23. The second-order valence-electron chi connectivity index (χ2n) is 14.0. The maximum atomic E-state index is 10.0. The van der Waals surface area contributed by atoms with Crippen LogP contribution in [0.5, 0.6) is 17.2 Å². The zero-order valence-electron chi connectivity index (χ0n) is 25.9. The summed E-state index contributed by atoms with van der Waals surface area (Å²) in [6.07, 6.45) is 9.06. The first kappa shape index (κ1) is 29.4. The van der Waals surface area contributed by atoms with Crippen molar-refractivity contribution < 1.29 is 15.3 Å². The van der Waals surface area contributed by atoms with Gasteiger partial charge in [0.05, 0.1) is 0 Å². The number of aryl methyl sites for hydroxylation is 1. The number of aromatic hydroxyl groups is 3. The number of hydrogen-bond acceptors (Lipinski definition) is 3. The topological polar surface area (TPSA) is 60.7 Å². The molecule has 3 N–H and O–H groups in total. The fraction of sp³-hybridized carbons (Fsp3) is 0.400. The number of rotatable bonds is 6. The van der Waals surface area contributed by atoms with E-state index in [1.165, 1.54) is 40.7 Å². The second-order valence-corrected chi connectivity index (χ2v) is 14.0. The number of phenolic OH excluding ortho intramolecular Hbond substituents is 3. The third-order valence-corrected chi connectivity index (χ3v) is 11.6. The summed E-state index contributed by atoms with van der Waals surface area (Å²) in [5.41, 5.74) is 6.59. The highest BCUT2D eigenvalue weighted by Crippen LogP contribution is 2.57. The normalized spacial score (nSPS) is 22.7. The van der Waals surface area contributed by atoms with Gasteiger partial charge in [0.1, 0.15) is 17.2 Å². The van der Waals surface area contributed by atoms with Crippen LogP contribution in [0.4, 0.5) is 0 Å². The molecule has 0 amide bonds. The summed E-state index contributed by atoms with van der Waals surface area (Å²) in [6.45, 7) is 7.20. The standard InChI is InChI=1S/C40H46O3/c1-28-4-6-31(7-5-28)39(32-8-14-35(41)15-9-32)24-20-29(21-25-39)38(2,3)30-22-26-40(27-23-30,33-10-16-36(42)17-11-33)34-12-18-37(43)19-13-34/h4-19,29-30,41-43H,20-27H2,1-3H3. The van der Waals surface area contributed by atoms with Gasteiger partial charge in [0.2, 0.25) is 0 Å². The van der Waals surface area contributed by atoms with E-state index < -0.39 is 0 Å². The molecule has 3 nitrogen and oxygen atoms in total. The summed E-state index contributed by atoms with van der Waals surface area (Å²) < 4.78 is 0. The van der Waals surface area contributed by atoms with Gasteiger partial charge >= 0.3 is 0 Å². The second kappa shape index (κ2) is 11.4. The molecule has 2 aliphatic rings. The number of phenols is 3. The van der Waals surface area contributed by atoms with Crippen molar-refractivity contribution in [2.75, 3.05) is 0 Å². The van der Waals surface area contributed by atoms with Crippen molar-refractivity contribution in [3.63, 3.8) is 0 Å². The fourth-order valence-electron chi connectivity index (χ4n) is 8.74. The maximum absolute atomic E-state index is 10.0. The van der Waals surface area contributed by atoms with Crippen molar-refractivity contribution in [3.8, 4) is 17.2 Å². The molecule has 0 atom stereocenters. The first-order valence-corrected chi connectivity index (χ1v) is 16.1. The minimum Gasteiger partial charge on any atom is -0.508 e. The summed E-state index contributed by atoms with van der Waals surface area (Å²) in [4.78, 5) is 0. The van der Waals surface area contributed by atoms with Gasteiger partial charge in [-0.25, -0.2) is 0 Å². The van der Waals surface area contributed by atoms with Crippen LogP contribution in [0.2, 0.25) is 0 Å². The van der Waals surface area contributed by atoms with Crippen LogP contribution < -0.4 is 0 Å². The van der Waals surface area contributed by atoms with E-state index >= 15 is 0 Å². The van der Waals surface area contributed by atoms with Crippen molar-refractivity contribution in [2.45, 2.75) is 83.0 Å². The molecule has 2 aliphatic carbocycles. The smallest absolute Gasteiger partial charge is 0.115 e. The Morgan fingerprint density at radius 1 is 0.465 bits per heavy atom. The van der Waals surface area contributed by atoms with Crippen LogP contribution >= 0.6 is 0 Å². The zero-order valence-corrected chi connectivity index (χ0v) is 25.9. The average Bonchev–Trinajstić information content (AvgIpc) is 3.02. The quantitative estimate of drug-likeness (QED) is 0.215. The Morgan fingerprint density at radius 3 is 1.00 bits per heavy atom. The van der Waals surface area contributed by atoms with Crippen LogP contribution in [-0.2, 0) is 10.8 Å². The Bertz CT molecular complexity index is 1290. The lowest BCUT2D eigenvalue weighted by atomic mass is 9.53. The summed E-state index contributed by atoms with van der Waals surface area (Å²) in [6, 6.07) is 32.7. The monoisotopic (exact) mass is 574 g/mol. The minimum atomic E-state index is -0.111. The Kier molecular flexibility index (Phi) is 7.79. The van der Waals surface area contributed by atoms with E-state index in [-0.39, 0.29) is 16.2 Å². The first-order valence-electron chi connectivity index (χ1n) is 16.1. The molecular formula is C40H46O3.